The normalized spacial score (nSPS) is 12.3. The molecule has 2 aromatic carbocycles. The number of aromatic nitrogens is 1. The van der Waals surface area contributed by atoms with Crippen molar-refractivity contribution in [2.75, 3.05) is 38.5 Å². The first-order valence-corrected chi connectivity index (χ1v) is 11.0. The summed E-state index contributed by atoms with van der Waals surface area (Å²) in [6.45, 7) is 1.09. The summed E-state index contributed by atoms with van der Waals surface area (Å²) >= 11 is 2.79. The Morgan fingerprint density at radius 1 is 1.13 bits per heavy atom. The first-order valence-electron chi connectivity index (χ1n) is 9.16. The SMILES string of the molecule is COc1ccc(OC)c(-c2csc(NC(=O)CSc3ccc4c(c3)OCCO4)n2)c1. The van der Waals surface area contributed by atoms with E-state index in [1.54, 1.807) is 14.2 Å². The number of hydrogen-bond donors (Lipinski definition) is 1. The maximum Gasteiger partial charge on any atom is 0.236 e. The Morgan fingerprint density at radius 3 is 2.77 bits per heavy atom. The topological polar surface area (TPSA) is 78.9 Å². The van der Waals surface area contributed by atoms with Gasteiger partial charge in [-0.2, -0.15) is 0 Å². The molecule has 9 heteroatoms. The van der Waals surface area contributed by atoms with E-state index >= 15 is 0 Å². The summed E-state index contributed by atoms with van der Waals surface area (Å²) in [5, 5.41) is 5.26. The van der Waals surface area contributed by atoms with Gasteiger partial charge in [-0.25, -0.2) is 4.98 Å². The number of ether oxygens (including phenoxy) is 4. The van der Waals surface area contributed by atoms with Gasteiger partial charge in [0.05, 0.1) is 25.7 Å². The molecule has 0 spiro atoms. The molecular formula is C21H20N2O5S2. The summed E-state index contributed by atoms with van der Waals surface area (Å²) in [6, 6.07) is 11.2. The third-order valence-corrected chi connectivity index (χ3v) is 6.07. The molecule has 156 valence electrons. The number of thioether (sulfide) groups is 1. The Bertz CT molecular complexity index is 1050. The number of nitrogens with zero attached hydrogens (tertiary/aromatic N) is 1. The van der Waals surface area contributed by atoms with E-state index in [4.69, 9.17) is 18.9 Å². The number of nitrogens with one attached hydrogen (secondary N) is 1. The molecular weight excluding hydrogens is 424 g/mol. The largest absolute Gasteiger partial charge is 0.497 e. The number of fused-ring (bicyclic) bond motifs is 1. The third-order valence-electron chi connectivity index (χ3n) is 4.32. The smallest absolute Gasteiger partial charge is 0.236 e. The maximum atomic E-state index is 12.4. The molecule has 1 amide bonds. The van der Waals surface area contributed by atoms with Gasteiger partial charge < -0.3 is 24.3 Å². The molecule has 0 radical (unpaired) electrons. The van der Waals surface area contributed by atoms with E-state index in [-0.39, 0.29) is 11.7 Å². The molecule has 7 nitrogen and oxygen atoms in total. The number of methoxy groups -OCH3 is 2. The highest BCUT2D eigenvalue weighted by Crippen LogP contribution is 2.36. The number of amides is 1. The molecule has 0 atom stereocenters. The number of thiazole rings is 1. The van der Waals surface area contributed by atoms with Crippen LogP contribution in [0.2, 0.25) is 0 Å². The maximum absolute atomic E-state index is 12.4. The lowest BCUT2D eigenvalue weighted by molar-refractivity contribution is -0.113. The van der Waals surface area contributed by atoms with Crippen LogP contribution in [0.5, 0.6) is 23.0 Å². The predicted octanol–water partition coefficient (Wildman–Crippen LogP) is 4.33. The van der Waals surface area contributed by atoms with Crippen molar-refractivity contribution in [1.29, 1.82) is 0 Å². The van der Waals surface area contributed by atoms with Gasteiger partial charge in [-0.15, -0.1) is 23.1 Å². The second-order valence-corrected chi connectivity index (χ2v) is 8.15. The minimum absolute atomic E-state index is 0.131. The lowest BCUT2D eigenvalue weighted by Gasteiger charge is -2.18. The highest BCUT2D eigenvalue weighted by Gasteiger charge is 2.15. The van der Waals surface area contributed by atoms with Crippen LogP contribution < -0.4 is 24.3 Å². The van der Waals surface area contributed by atoms with Gasteiger partial charge in [-0.1, -0.05) is 0 Å². The number of anilines is 1. The average Bonchev–Trinajstić information content (AvgIpc) is 3.25. The van der Waals surface area contributed by atoms with Gasteiger partial charge in [0, 0.05) is 15.8 Å². The quantitative estimate of drug-likeness (QED) is 0.544. The van der Waals surface area contributed by atoms with Gasteiger partial charge in [0.25, 0.3) is 0 Å². The molecule has 0 unspecified atom stereocenters. The number of hydrogen-bond acceptors (Lipinski definition) is 8. The highest BCUT2D eigenvalue weighted by molar-refractivity contribution is 8.00. The lowest BCUT2D eigenvalue weighted by Crippen LogP contribution is -2.15. The summed E-state index contributed by atoms with van der Waals surface area (Å²) in [7, 11) is 3.22. The minimum atomic E-state index is -0.131. The fraction of sp³-hybridized carbons (Fsp3) is 0.238. The Morgan fingerprint density at radius 2 is 1.97 bits per heavy atom. The molecule has 2 heterocycles. The number of carbonyl (C=O) groups is 1. The first-order chi connectivity index (χ1) is 14.7. The third kappa shape index (κ3) is 4.63. The number of carbonyl (C=O) groups excluding carboxylic acids is 1. The van der Waals surface area contributed by atoms with Gasteiger partial charge in [0.15, 0.2) is 16.6 Å². The summed E-state index contributed by atoms with van der Waals surface area (Å²) in [6.07, 6.45) is 0. The Balaban J connectivity index is 1.39. The van der Waals surface area contributed by atoms with Crippen LogP contribution in [0.25, 0.3) is 11.3 Å². The van der Waals surface area contributed by atoms with Crippen LogP contribution in [0, 0.1) is 0 Å². The standard InChI is InChI=1S/C21H20N2O5S2/c1-25-13-3-5-17(26-2)15(9-13)16-11-30-21(22-16)23-20(24)12-29-14-4-6-18-19(10-14)28-8-7-27-18/h3-6,9-11H,7-8,12H2,1-2H3,(H,22,23,24). The van der Waals surface area contributed by atoms with Crippen LogP contribution in [0.1, 0.15) is 0 Å². The van der Waals surface area contributed by atoms with E-state index < -0.39 is 0 Å². The average molecular weight is 445 g/mol. The van der Waals surface area contributed by atoms with Crippen molar-refractivity contribution in [3.05, 3.63) is 41.8 Å². The van der Waals surface area contributed by atoms with Gasteiger partial charge in [0.1, 0.15) is 24.7 Å². The highest BCUT2D eigenvalue weighted by atomic mass is 32.2. The van der Waals surface area contributed by atoms with Gasteiger partial charge in [-0.05, 0) is 36.4 Å². The predicted molar refractivity (Wildman–Crippen MR) is 117 cm³/mol. The van der Waals surface area contributed by atoms with Crippen LogP contribution in [-0.2, 0) is 4.79 Å². The van der Waals surface area contributed by atoms with E-state index in [0.29, 0.717) is 41.3 Å². The molecule has 0 saturated heterocycles. The monoisotopic (exact) mass is 444 g/mol. The zero-order chi connectivity index (χ0) is 20.9. The summed E-state index contributed by atoms with van der Waals surface area (Å²) in [5.41, 5.74) is 1.52. The van der Waals surface area contributed by atoms with Crippen molar-refractivity contribution in [2.45, 2.75) is 4.90 Å². The summed E-state index contributed by atoms with van der Waals surface area (Å²) < 4.78 is 21.8. The van der Waals surface area contributed by atoms with Crippen LogP contribution >= 0.6 is 23.1 Å². The molecule has 1 aromatic heterocycles. The molecule has 4 rings (SSSR count). The molecule has 3 aromatic rings. The fourth-order valence-corrected chi connectivity index (χ4v) is 4.34. The van der Waals surface area contributed by atoms with Crippen molar-refractivity contribution >= 4 is 34.1 Å². The molecule has 0 saturated carbocycles. The minimum Gasteiger partial charge on any atom is -0.497 e. The second-order valence-electron chi connectivity index (χ2n) is 6.25. The van der Waals surface area contributed by atoms with Crippen molar-refractivity contribution in [3.63, 3.8) is 0 Å². The first kappa shape index (κ1) is 20.4. The van der Waals surface area contributed by atoms with E-state index in [2.05, 4.69) is 10.3 Å². The van der Waals surface area contributed by atoms with E-state index in [9.17, 15) is 4.79 Å². The van der Waals surface area contributed by atoms with Crippen molar-refractivity contribution in [3.8, 4) is 34.3 Å². The van der Waals surface area contributed by atoms with Crippen LogP contribution in [-0.4, -0.2) is 44.1 Å². The van der Waals surface area contributed by atoms with Crippen LogP contribution in [0.3, 0.4) is 0 Å². The summed E-state index contributed by atoms with van der Waals surface area (Å²) in [4.78, 5) is 17.8. The Kier molecular flexibility index (Phi) is 6.29. The number of benzene rings is 2. The van der Waals surface area contributed by atoms with E-state index in [1.807, 2.05) is 41.8 Å². The molecule has 0 bridgehead atoms. The lowest BCUT2D eigenvalue weighted by atomic mass is 10.1. The molecule has 1 aliphatic rings. The van der Waals surface area contributed by atoms with Gasteiger partial charge in [0.2, 0.25) is 5.91 Å². The van der Waals surface area contributed by atoms with Crippen molar-refractivity contribution in [1.82, 2.24) is 4.98 Å². The van der Waals surface area contributed by atoms with Crippen molar-refractivity contribution in [2.24, 2.45) is 0 Å². The van der Waals surface area contributed by atoms with Crippen LogP contribution in [0.4, 0.5) is 5.13 Å². The molecule has 1 aliphatic heterocycles. The molecule has 0 fully saturated rings. The van der Waals surface area contributed by atoms with E-state index in [0.717, 1.165) is 16.2 Å². The molecule has 30 heavy (non-hydrogen) atoms. The van der Waals surface area contributed by atoms with Gasteiger partial charge in [-0.3, -0.25) is 4.79 Å². The number of rotatable bonds is 7. The van der Waals surface area contributed by atoms with Crippen LogP contribution in [0.15, 0.2) is 46.7 Å². The van der Waals surface area contributed by atoms with Gasteiger partial charge >= 0.3 is 0 Å². The zero-order valence-corrected chi connectivity index (χ0v) is 18.1. The summed E-state index contributed by atoms with van der Waals surface area (Å²) in [5.74, 6) is 2.97. The molecule has 0 aliphatic carbocycles. The van der Waals surface area contributed by atoms with E-state index in [1.165, 1.54) is 23.1 Å². The zero-order valence-electron chi connectivity index (χ0n) is 16.5. The molecule has 1 N–H and O–H groups in total. The Labute approximate surface area is 182 Å². The second kappa shape index (κ2) is 9.27. The van der Waals surface area contributed by atoms with Crippen molar-refractivity contribution < 1.29 is 23.7 Å². The fourth-order valence-electron chi connectivity index (χ4n) is 2.89. The Hall–Kier alpha value is -2.91.